The van der Waals surface area contributed by atoms with E-state index in [4.69, 9.17) is 0 Å². The fourth-order valence-corrected chi connectivity index (χ4v) is 4.96. The molecule has 1 aliphatic rings. The zero-order valence-electron chi connectivity index (χ0n) is 17.0. The summed E-state index contributed by atoms with van der Waals surface area (Å²) >= 11 is 0. The normalized spacial score (nSPS) is 14.9. The molecule has 0 bridgehead atoms. The summed E-state index contributed by atoms with van der Waals surface area (Å²) in [7, 11) is -3.88. The Kier molecular flexibility index (Phi) is 6.20. The van der Waals surface area contributed by atoms with Gasteiger partial charge in [-0.2, -0.15) is 4.31 Å². The minimum Gasteiger partial charge on any atom is -0.369 e. The lowest BCUT2D eigenvalue weighted by atomic mass is 10.2. The van der Waals surface area contributed by atoms with Crippen molar-refractivity contribution >= 4 is 27.3 Å². The number of piperazine rings is 1. The molecule has 9 heteroatoms. The summed E-state index contributed by atoms with van der Waals surface area (Å²) in [6.07, 6.45) is 0. The average Bonchev–Trinajstić information content (AvgIpc) is 2.81. The van der Waals surface area contributed by atoms with Crippen LogP contribution >= 0.6 is 0 Å². The van der Waals surface area contributed by atoms with Gasteiger partial charge in [0.05, 0.1) is 10.6 Å². The molecule has 1 aliphatic heterocycles. The number of rotatable bonds is 5. The van der Waals surface area contributed by atoms with Gasteiger partial charge in [-0.15, -0.1) is 0 Å². The Labute approximate surface area is 185 Å². The van der Waals surface area contributed by atoms with Crippen LogP contribution in [-0.4, -0.2) is 44.8 Å². The second kappa shape index (κ2) is 9.05. The summed E-state index contributed by atoms with van der Waals surface area (Å²) in [4.78, 5) is 14.1. The third kappa shape index (κ3) is 4.63. The van der Waals surface area contributed by atoms with Gasteiger partial charge in [0, 0.05) is 37.4 Å². The highest BCUT2D eigenvalue weighted by molar-refractivity contribution is 7.89. The van der Waals surface area contributed by atoms with Crippen LogP contribution in [0.4, 0.5) is 20.2 Å². The van der Waals surface area contributed by atoms with E-state index in [1.807, 2.05) is 30.3 Å². The van der Waals surface area contributed by atoms with Crippen molar-refractivity contribution in [2.24, 2.45) is 0 Å². The molecule has 0 spiro atoms. The molecular formula is C23H21F2N3O3S. The maximum atomic E-state index is 14.6. The lowest BCUT2D eigenvalue weighted by Gasteiger charge is -2.35. The van der Waals surface area contributed by atoms with Crippen molar-refractivity contribution in [1.29, 1.82) is 0 Å². The van der Waals surface area contributed by atoms with Gasteiger partial charge in [-0.3, -0.25) is 4.79 Å². The molecule has 0 atom stereocenters. The number of hydrogen-bond acceptors (Lipinski definition) is 4. The molecule has 0 unspecified atom stereocenters. The van der Waals surface area contributed by atoms with E-state index in [-0.39, 0.29) is 29.2 Å². The first-order chi connectivity index (χ1) is 15.3. The number of para-hydroxylation sites is 1. The monoisotopic (exact) mass is 457 g/mol. The Balaban J connectivity index is 1.45. The Morgan fingerprint density at radius 3 is 2.12 bits per heavy atom. The number of benzene rings is 3. The number of carbonyl (C=O) groups excluding carboxylic acids is 1. The predicted octanol–water partition coefficient (Wildman–Crippen LogP) is 3.73. The standard InChI is InChI=1S/C23H21F2N3O3S/c24-18-8-6-17(7-9-18)23(29)26-22-11-10-20(16-21(22)25)32(30,31)28-14-12-27(13-15-28)19-4-2-1-3-5-19/h1-11,16H,12-15H2,(H,26,29). The first-order valence-electron chi connectivity index (χ1n) is 10.0. The first-order valence-corrected chi connectivity index (χ1v) is 11.5. The van der Waals surface area contributed by atoms with Crippen LogP contribution in [0.25, 0.3) is 0 Å². The SMILES string of the molecule is O=C(Nc1ccc(S(=O)(=O)N2CCN(c3ccccc3)CC2)cc1F)c1ccc(F)cc1. The van der Waals surface area contributed by atoms with E-state index in [1.54, 1.807) is 0 Å². The molecule has 1 amide bonds. The Hall–Kier alpha value is -3.30. The molecule has 1 saturated heterocycles. The highest BCUT2D eigenvalue weighted by Crippen LogP contribution is 2.24. The summed E-state index contributed by atoms with van der Waals surface area (Å²) < 4.78 is 54.9. The quantitative estimate of drug-likeness (QED) is 0.634. The lowest BCUT2D eigenvalue weighted by molar-refractivity contribution is 0.102. The van der Waals surface area contributed by atoms with Gasteiger partial charge >= 0.3 is 0 Å². The summed E-state index contributed by atoms with van der Waals surface area (Å²) in [6.45, 7) is 1.61. The molecule has 6 nitrogen and oxygen atoms in total. The van der Waals surface area contributed by atoms with Crippen molar-refractivity contribution in [3.05, 3.63) is 90.0 Å². The molecule has 3 aromatic carbocycles. The highest BCUT2D eigenvalue weighted by Gasteiger charge is 2.29. The Morgan fingerprint density at radius 1 is 0.844 bits per heavy atom. The van der Waals surface area contributed by atoms with Crippen molar-refractivity contribution in [2.45, 2.75) is 4.90 Å². The summed E-state index contributed by atoms with van der Waals surface area (Å²) in [6, 6.07) is 17.9. The van der Waals surface area contributed by atoms with Crippen molar-refractivity contribution in [3.8, 4) is 0 Å². The number of carbonyl (C=O) groups is 1. The molecule has 0 aliphatic carbocycles. The molecule has 0 aromatic heterocycles. The van der Waals surface area contributed by atoms with Gasteiger partial charge in [0.25, 0.3) is 5.91 Å². The number of hydrogen-bond donors (Lipinski definition) is 1. The number of sulfonamides is 1. The smallest absolute Gasteiger partial charge is 0.255 e. The molecule has 1 fully saturated rings. The van der Waals surface area contributed by atoms with Gasteiger partial charge < -0.3 is 10.2 Å². The molecule has 0 saturated carbocycles. The van der Waals surface area contributed by atoms with Crippen LogP contribution in [0.15, 0.2) is 77.7 Å². The van der Waals surface area contributed by atoms with Crippen LogP contribution in [0.2, 0.25) is 0 Å². The summed E-state index contributed by atoms with van der Waals surface area (Å²) in [5, 5.41) is 2.38. The molecule has 32 heavy (non-hydrogen) atoms. The first kappa shape index (κ1) is 21.9. The summed E-state index contributed by atoms with van der Waals surface area (Å²) in [5.41, 5.74) is 1.02. The zero-order valence-corrected chi connectivity index (χ0v) is 17.9. The number of nitrogens with one attached hydrogen (secondary N) is 1. The van der Waals surface area contributed by atoms with Crippen LogP contribution in [0.3, 0.4) is 0 Å². The molecule has 1 N–H and O–H groups in total. The lowest BCUT2D eigenvalue weighted by Crippen LogP contribution is -2.48. The zero-order chi connectivity index (χ0) is 22.7. The van der Waals surface area contributed by atoms with E-state index >= 15 is 0 Å². The fraction of sp³-hybridized carbons (Fsp3) is 0.174. The van der Waals surface area contributed by atoms with Gasteiger partial charge in [0.2, 0.25) is 10.0 Å². The minimum atomic E-state index is -3.88. The van der Waals surface area contributed by atoms with E-state index < -0.39 is 27.6 Å². The maximum absolute atomic E-state index is 14.6. The fourth-order valence-electron chi connectivity index (χ4n) is 3.53. The van der Waals surface area contributed by atoms with E-state index in [1.165, 1.54) is 28.6 Å². The second-order valence-corrected chi connectivity index (χ2v) is 9.27. The van der Waals surface area contributed by atoms with Crippen LogP contribution in [0.1, 0.15) is 10.4 Å². The van der Waals surface area contributed by atoms with Crippen molar-refractivity contribution in [3.63, 3.8) is 0 Å². The molecule has 166 valence electrons. The molecule has 3 aromatic rings. The Morgan fingerprint density at radius 2 is 1.50 bits per heavy atom. The minimum absolute atomic E-state index is 0.152. The van der Waals surface area contributed by atoms with Gasteiger partial charge in [-0.25, -0.2) is 17.2 Å². The highest BCUT2D eigenvalue weighted by atomic mass is 32.2. The Bertz CT molecular complexity index is 1210. The van der Waals surface area contributed by atoms with E-state index in [0.717, 1.165) is 23.9 Å². The topological polar surface area (TPSA) is 69.7 Å². The molecule has 0 radical (unpaired) electrons. The number of halogens is 2. The van der Waals surface area contributed by atoms with Crippen LogP contribution in [0, 0.1) is 11.6 Å². The maximum Gasteiger partial charge on any atom is 0.255 e. The predicted molar refractivity (Wildman–Crippen MR) is 118 cm³/mol. The van der Waals surface area contributed by atoms with Crippen LogP contribution in [0.5, 0.6) is 0 Å². The second-order valence-electron chi connectivity index (χ2n) is 7.33. The summed E-state index contributed by atoms with van der Waals surface area (Å²) in [5.74, 6) is -1.99. The van der Waals surface area contributed by atoms with Crippen LogP contribution < -0.4 is 10.2 Å². The van der Waals surface area contributed by atoms with Crippen molar-refractivity contribution in [1.82, 2.24) is 4.31 Å². The largest absolute Gasteiger partial charge is 0.369 e. The molecular weight excluding hydrogens is 436 g/mol. The molecule has 1 heterocycles. The average molecular weight is 458 g/mol. The van der Waals surface area contributed by atoms with Gasteiger partial charge in [0.15, 0.2) is 0 Å². The van der Waals surface area contributed by atoms with E-state index in [0.29, 0.717) is 13.1 Å². The number of amides is 1. The molecule has 4 rings (SSSR count). The van der Waals surface area contributed by atoms with Crippen molar-refractivity contribution < 1.29 is 22.0 Å². The van der Waals surface area contributed by atoms with E-state index in [2.05, 4.69) is 10.2 Å². The number of nitrogens with zero attached hydrogens (tertiary/aromatic N) is 2. The van der Waals surface area contributed by atoms with E-state index in [9.17, 15) is 22.0 Å². The van der Waals surface area contributed by atoms with Crippen LogP contribution in [-0.2, 0) is 10.0 Å². The third-order valence-electron chi connectivity index (χ3n) is 5.29. The van der Waals surface area contributed by atoms with Gasteiger partial charge in [0.1, 0.15) is 11.6 Å². The third-order valence-corrected chi connectivity index (χ3v) is 7.19. The van der Waals surface area contributed by atoms with Gasteiger partial charge in [-0.1, -0.05) is 18.2 Å². The van der Waals surface area contributed by atoms with Crippen molar-refractivity contribution in [2.75, 3.05) is 36.4 Å². The van der Waals surface area contributed by atoms with Gasteiger partial charge in [-0.05, 0) is 54.6 Å². The number of anilines is 2.